The first-order chi connectivity index (χ1) is 24.0. The number of carbonyl (C=O) groups excluding carboxylic acids is 1. The third-order valence-electron chi connectivity index (χ3n) is 10.8. The largest absolute Gasteiger partial charge is 0.347 e. The number of unbranched alkanes of at least 4 members (excludes halogenated alkanes) is 2. The molecule has 0 bridgehead atoms. The Labute approximate surface area is 310 Å². The van der Waals surface area contributed by atoms with Crippen molar-refractivity contribution in [3.05, 3.63) is 94.7 Å². The smallest absolute Gasteiger partial charge is 0.294 e. The fourth-order valence-corrected chi connectivity index (χ4v) is 8.67. The van der Waals surface area contributed by atoms with Gasteiger partial charge in [0.2, 0.25) is 5.69 Å². The van der Waals surface area contributed by atoms with Gasteiger partial charge in [-0.3, -0.25) is 13.9 Å². The van der Waals surface area contributed by atoms with Crippen LogP contribution in [0.25, 0.3) is 0 Å². The van der Waals surface area contributed by atoms with Crippen LogP contribution >= 0.6 is 0 Å². The molecule has 0 atom stereocenters. The molecule has 0 fully saturated rings. The van der Waals surface area contributed by atoms with Gasteiger partial charge in [-0.15, -0.1) is 0 Å². The van der Waals surface area contributed by atoms with Gasteiger partial charge in [-0.05, 0) is 99.1 Å². The summed E-state index contributed by atoms with van der Waals surface area (Å²) in [6.45, 7) is 14.8. The molecular weight excluding hydrogens is 697 g/mol. The minimum Gasteiger partial charge on any atom is -0.347 e. The third-order valence-corrected chi connectivity index (χ3v) is 12.5. The highest BCUT2D eigenvalue weighted by Crippen LogP contribution is 2.48. The van der Waals surface area contributed by atoms with Crippen LogP contribution < -0.4 is 4.90 Å². The zero-order chi connectivity index (χ0) is 38.4. The Morgan fingerprint density at radius 2 is 1.48 bits per heavy atom. The molecule has 0 saturated heterocycles. The Morgan fingerprint density at radius 1 is 0.846 bits per heavy atom. The second kappa shape index (κ2) is 14.3. The summed E-state index contributed by atoms with van der Waals surface area (Å²) in [5, 5.41) is 0. The molecule has 0 spiro atoms. The topological polar surface area (TPSA) is 132 Å². The molecule has 5 rings (SSSR count). The Morgan fingerprint density at radius 3 is 2.12 bits per heavy atom. The van der Waals surface area contributed by atoms with Crippen LogP contribution in [0, 0.1) is 5.41 Å². The summed E-state index contributed by atoms with van der Waals surface area (Å²) in [7, 11) is -6.73. The van der Waals surface area contributed by atoms with Gasteiger partial charge in [0.15, 0.2) is 5.71 Å². The molecule has 2 aromatic carbocycles. The summed E-state index contributed by atoms with van der Waals surface area (Å²) >= 11 is 0. The van der Waals surface area contributed by atoms with Gasteiger partial charge in [0.05, 0.1) is 15.2 Å². The van der Waals surface area contributed by atoms with Crippen molar-refractivity contribution in [3.8, 4) is 0 Å². The van der Waals surface area contributed by atoms with Crippen molar-refractivity contribution in [1.82, 2.24) is 0 Å². The quantitative estimate of drug-likeness (QED) is 0.133. The van der Waals surface area contributed by atoms with Crippen LogP contribution in [0.3, 0.4) is 0 Å². The molecule has 2 heterocycles. The summed E-state index contributed by atoms with van der Waals surface area (Å²) in [6.07, 6.45) is 16.7. The summed E-state index contributed by atoms with van der Waals surface area (Å²) < 4.78 is 69.6. The van der Waals surface area contributed by atoms with E-state index in [1.165, 1.54) is 23.3 Å². The number of nitrogens with zero attached hydrogens (tertiary/aromatic N) is 2. The van der Waals surface area contributed by atoms with Crippen molar-refractivity contribution in [3.63, 3.8) is 0 Å². The van der Waals surface area contributed by atoms with Crippen molar-refractivity contribution in [1.29, 1.82) is 0 Å². The summed E-state index contributed by atoms with van der Waals surface area (Å²) in [5.74, 6) is 0.261. The van der Waals surface area contributed by atoms with Crippen LogP contribution in [-0.4, -0.2) is 55.6 Å². The van der Waals surface area contributed by atoms with Crippen LogP contribution in [0.5, 0.6) is 0 Å². The number of fused-ring (bicyclic) bond motifs is 2. The van der Waals surface area contributed by atoms with Gasteiger partial charge in [0, 0.05) is 59.8 Å². The summed E-state index contributed by atoms with van der Waals surface area (Å²) in [6, 6.07) is 9.53. The highest BCUT2D eigenvalue weighted by molar-refractivity contribution is 7.86. The van der Waals surface area contributed by atoms with Gasteiger partial charge in [-0.1, -0.05) is 52.8 Å². The molecule has 2 aromatic rings. The van der Waals surface area contributed by atoms with Crippen molar-refractivity contribution in [2.24, 2.45) is 5.41 Å². The molecule has 52 heavy (non-hydrogen) atoms. The minimum atomic E-state index is -4.37. The lowest BCUT2D eigenvalue weighted by atomic mass is 9.81. The molecule has 0 unspecified atom stereocenters. The van der Waals surface area contributed by atoms with Gasteiger partial charge in [-0.25, -0.2) is 0 Å². The number of benzene rings is 2. The second-order valence-corrected chi connectivity index (χ2v) is 19.2. The van der Waals surface area contributed by atoms with Crippen molar-refractivity contribution in [2.45, 2.75) is 114 Å². The lowest BCUT2D eigenvalue weighted by Gasteiger charge is -2.24. The number of Topliss-reactive ketones (excluding diaryl/α,β-unsaturated/α-hetero) is 1. The third kappa shape index (κ3) is 8.12. The van der Waals surface area contributed by atoms with Gasteiger partial charge in [0.1, 0.15) is 12.3 Å². The maximum absolute atomic E-state index is 12.5. The molecule has 1 aliphatic carbocycles. The first kappa shape index (κ1) is 39.6. The average Bonchev–Trinajstić information content (AvgIpc) is 3.38. The van der Waals surface area contributed by atoms with E-state index in [9.17, 15) is 30.7 Å². The molecule has 0 aromatic heterocycles. The highest BCUT2D eigenvalue weighted by Gasteiger charge is 2.45. The molecule has 0 saturated carbocycles. The van der Waals surface area contributed by atoms with Gasteiger partial charge in [0.25, 0.3) is 20.2 Å². The van der Waals surface area contributed by atoms with E-state index in [1.54, 1.807) is 24.3 Å². The van der Waals surface area contributed by atoms with Crippen molar-refractivity contribution >= 4 is 43.1 Å². The first-order valence-electron chi connectivity index (χ1n) is 18.0. The van der Waals surface area contributed by atoms with Crippen LogP contribution in [0.1, 0.15) is 105 Å². The summed E-state index contributed by atoms with van der Waals surface area (Å²) in [5.41, 5.74) is 6.53. The minimum absolute atomic E-state index is 0.115. The molecule has 280 valence electrons. The van der Waals surface area contributed by atoms with Crippen molar-refractivity contribution < 1.29 is 35.3 Å². The Balaban J connectivity index is 1.42. The fraction of sp³-hybridized carbons (Fsp3) is 0.463. The van der Waals surface area contributed by atoms with E-state index in [0.717, 1.165) is 72.4 Å². The fourth-order valence-electron chi connectivity index (χ4n) is 7.65. The lowest BCUT2D eigenvalue weighted by Crippen LogP contribution is -2.28. The molecule has 0 amide bonds. The molecule has 3 aliphatic rings. The van der Waals surface area contributed by atoms with Crippen molar-refractivity contribution in [2.75, 3.05) is 18.5 Å². The number of ketones is 1. The van der Waals surface area contributed by atoms with Crippen LogP contribution in [-0.2, 0) is 35.9 Å². The molecular formula is C41H53N2O7S2+. The normalized spacial score (nSPS) is 20.2. The monoisotopic (exact) mass is 749 g/mol. The average molecular weight is 750 g/mol. The number of anilines is 1. The maximum atomic E-state index is 12.5. The lowest BCUT2D eigenvalue weighted by molar-refractivity contribution is -0.438. The maximum Gasteiger partial charge on any atom is 0.294 e. The van der Waals surface area contributed by atoms with E-state index in [4.69, 9.17) is 0 Å². The molecule has 0 radical (unpaired) electrons. The van der Waals surface area contributed by atoms with E-state index in [-0.39, 0.29) is 21.0 Å². The number of rotatable bonds is 11. The molecule has 2 aliphatic heterocycles. The van der Waals surface area contributed by atoms with Crippen LogP contribution in [0.15, 0.2) is 93.4 Å². The Hall–Kier alpha value is -3.64. The molecule has 11 heteroatoms. The molecule has 9 nitrogen and oxygen atoms in total. The number of carbonyl (C=O) groups is 1. The van der Waals surface area contributed by atoms with E-state index in [0.29, 0.717) is 13.0 Å². The van der Waals surface area contributed by atoms with E-state index < -0.39 is 31.1 Å². The first-order valence-corrected chi connectivity index (χ1v) is 20.9. The van der Waals surface area contributed by atoms with Gasteiger partial charge >= 0.3 is 0 Å². The number of hydrogen-bond acceptors (Lipinski definition) is 6. The van der Waals surface area contributed by atoms with Gasteiger partial charge in [-0.2, -0.15) is 21.4 Å². The zero-order valence-corrected chi connectivity index (χ0v) is 33.3. The van der Waals surface area contributed by atoms with E-state index in [1.807, 2.05) is 41.7 Å². The molecule has 2 N–H and O–H groups in total. The number of allylic oxidation sites excluding steroid dienone is 8. The van der Waals surface area contributed by atoms with E-state index in [2.05, 4.69) is 53.7 Å². The standard InChI is InChI=1S/C41H52N2O7S2/c1-39(2,3)38(44)15-10-9-11-24-43-35-21-19-31(52(48,49)50)27-33(35)41(6,7)37(43)23-17-29-14-12-13-28(25-29)16-22-36-40(4,5)32-26-30(51(45,46)47)18-20-34(32)42(36)8/h16-23,25-27H,9-15,24H2,1-8H3,(H-,45,46,47,48,49,50)/p+1. The summed E-state index contributed by atoms with van der Waals surface area (Å²) in [4.78, 5) is 14.3. The Kier molecular flexibility index (Phi) is 10.9. The Bertz CT molecular complexity index is 2160. The highest BCUT2D eigenvalue weighted by atomic mass is 32.2. The zero-order valence-electron chi connectivity index (χ0n) is 31.7. The number of hydrogen-bond donors (Lipinski definition) is 2. The second-order valence-electron chi connectivity index (χ2n) is 16.3. The number of likely N-dealkylation sites (N-methyl/N-ethyl adjacent to an activating group) is 1. The SMILES string of the molecule is CN1/C(=C/C=C2C=C(/C=C/C3=[N+](CCCCCC(=O)C(C)(C)C)c4ccc(S(=O)(=O)O)cc4C3(C)C)CCC/2)C(C)(C)c2cc(S(=O)(=O)O)ccc21. The van der Waals surface area contributed by atoms with Gasteiger partial charge < -0.3 is 4.90 Å². The predicted molar refractivity (Wildman–Crippen MR) is 207 cm³/mol. The van der Waals surface area contributed by atoms with Crippen LogP contribution in [0.2, 0.25) is 0 Å². The predicted octanol–water partition coefficient (Wildman–Crippen LogP) is 8.64. The van der Waals surface area contributed by atoms with E-state index >= 15 is 0 Å². The van der Waals surface area contributed by atoms with Crippen LogP contribution in [0.4, 0.5) is 11.4 Å².